The Bertz CT molecular complexity index is 667. The first-order valence-corrected chi connectivity index (χ1v) is 9.59. The highest BCUT2D eigenvalue weighted by molar-refractivity contribution is 5.43. The quantitative estimate of drug-likeness (QED) is 0.781. The molecule has 1 aliphatic heterocycles. The molecular formula is C22H30N2O2. The molecule has 0 atom stereocenters. The molecule has 4 nitrogen and oxygen atoms in total. The summed E-state index contributed by atoms with van der Waals surface area (Å²) in [6, 6.07) is 17.1. The number of ether oxygens (including phenoxy) is 2. The maximum absolute atomic E-state index is 5.99. The standard InChI is InChI=1S/C22H30N2O2/c1-3-25-22-15-19(16-23-20-11-13-24(2)14-12-20)9-10-21(22)26-17-18-7-5-4-6-8-18/h4-10,15,20,23H,3,11-14,16-17H2,1-2H3. The van der Waals surface area contributed by atoms with Gasteiger partial charge in [0.25, 0.3) is 0 Å². The van der Waals surface area contributed by atoms with Gasteiger partial charge in [0.1, 0.15) is 6.61 Å². The zero-order chi connectivity index (χ0) is 18.2. The molecule has 0 amide bonds. The van der Waals surface area contributed by atoms with Crippen molar-refractivity contribution >= 4 is 0 Å². The number of rotatable bonds is 8. The SMILES string of the molecule is CCOc1cc(CNC2CCN(C)CC2)ccc1OCc1ccccc1. The van der Waals surface area contributed by atoms with E-state index < -0.39 is 0 Å². The molecule has 1 aliphatic rings. The highest BCUT2D eigenvalue weighted by Gasteiger charge is 2.16. The second-order valence-corrected chi connectivity index (χ2v) is 6.95. The van der Waals surface area contributed by atoms with Gasteiger partial charge in [-0.25, -0.2) is 0 Å². The zero-order valence-corrected chi connectivity index (χ0v) is 15.9. The van der Waals surface area contributed by atoms with Crippen LogP contribution in [0.4, 0.5) is 0 Å². The first-order chi connectivity index (χ1) is 12.7. The van der Waals surface area contributed by atoms with E-state index in [1.54, 1.807) is 0 Å². The van der Waals surface area contributed by atoms with Crippen LogP contribution in [-0.4, -0.2) is 37.7 Å². The molecule has 0 radical (unpaired) electrons. The topological polar surface area (TPSA) is 33.7 Å². The predicted molar refractivity (Wildman–Crippen MR) is 106 cm³/mol. The fraction of sp³-hybridized carbons (Fsp3) is 0.455. The normalized spacial score (nSPS) is 15.8. The van der Waals surface area contributed by atoms with Crippen LogP contribution >= 0.6 is 0 Å². The average molecular weight is 354 g/mol. The third-order valence-electron chi connectivity index (χ3n) is 4.86. The van der Waals surface area contributed by atoms with Gasteiger partial charge in [-0.05, 0) is 63.2 Å². The first-order valence-electron chi connectivity index (χ1n) is 9.59. The number of piperidine rings is 1. The maximum Gasteiger partial charge on any atom is 0.161 e. The number of hydrogen-bond donors (Lipinski definition) is 1. The fourth-order valence-corrected chi connectivity index (χ4v) is 3.26. The van der Waals surface area contributed by atoms with Crippen LogP contribution in [0.1, 0.15) is 30.9 Å². The summed E-state index contributed by atoms with van der Waals surface area (Å²) in [5, 5.41) is 3.68. The lowest BCUT2D eigenvalue weighted by Crippen LogP contribution is -2.40. The van der Waals surface area contributed by atoms with Crippen LogP contribution in [0.5, 0.6) is 11.5 Å². The zero-order valence-electron chi connectivity index (χ0n) is 15.9. The van der Waals surface area contributed by atoms with Crippen molar-refractivity contribution in [2.75, 3.05) is 26.7 Å². The van der Waals surface area contributed by atoms with Gasteiger partial charge in [-0.1, -0.05) is 36.4 Å². The van der Waals surface area contributed by atoms with Crippen molar-refractivity contribution in [2.45, 2.75) is 39.0 Å². The van der Waals surface area contributed by atoms with Crippen molar-refractivity contribution < 1.29 is 9.47 Å². The number of hydrogen-bond acceptors (Lipinski definition) is 4. The van der Waals surface area contributed by atoms with E-state index in [4.69, 9.17) is 9.47 Å². The van der Waals surface area contributed by atoms with E-state index in [1.807, 2.05) is 31.2 Å². The summed E-state index contributed by atoms with van der Waals surface area (Å²) >= 11 is 0. The highest BCUT2D eigenvalue weighted by atomic mass is 16.5. The van der Waals surface area contributed by atoms with Crippen molar-refractivity contribution in [3.8, 4) is 11.5 Å². The molecule has 0 aromatic heterocycles. The lowest BCUT2D eigenvalue weighted by molar-refractivity contribution is 0.234. The predicted octanol–water partition coefficient (Wildman–Crippen LogP) is 3.85. The summed E-state index contributed by atoms with van der Waals surface area (Å²) in [5.74, 6) is 1.63. The molecule has 1 N–H and O–H groups in total. The van der Waals surface area contributed by atoms with Crippen LogP contribution in [-0.2, 0) is 13.2 Å². The fourth-order valence-electron chi connectivity index (χ4n) is 3.26. The molecule has 26 heavy (non-hydrogen) atoms. The number of nitrogens with zero attached hydrogens (tertiary/aromatic N) is 1. The van der Waals surface area contributed by atoms with Crippen molar-refractivity contribution in [1.29, 1.82) is 0 Å². The summed E-state index contributed by atoms with van der Waals surface area (Å²) in [4.78, 5) is 2.39. The molecule has 2 aromatic carbocycles. The van der Waals surface area contributed by atoms with Gasteiger partial charge in [0, 0.05) is 12.6 Å². The van der Waals surface area contributed by atoms with Gasteiger partial charge < -0.3 is 19.7 Å². The molecular weight excluding hydrogens is 324 g/mol. The summed E-state index contributed by atoms with van der Waals surface area (Å²) < 4.78 is 11.8. The van der Waals surface area contributed by atoms with E-state index in [2.05, 4.69) is 41.5 Å². The molecule has 0 bridgehead atoms. The van der Waals surface area contributed by atoms with E-state index >= 15 is 0 Å². The van der Waals surface area contributed by atoms with Crippen molar-refractivity contribution in [2.24, 2.45) is 0 Å². The molecule has 3 rings (SSSR count). The molecule has 0 saturated carbocycles. The van der Waals surface area contributed by atoms with E-state index in [1.165, 1.54) is 31.5 Å². The van der Waals surface area contributed by atoms with E-state index in [0.717, 1.165) is 23.6 Å². The van der Waals surface area contributed by atoms with Crippen LogP contribution in [0.15, 0.2) is 48.5 Å². The van der Waals surface area contributed by atoms with Crippen molar-refractivity contribution in [3.05, 3.63) is 59.7 Å². The Balaban J connectivity index is 1.58. The molecule has 1 fully saturated rings. The van der Waals surface area contributed by atoms with Gasteiger partial charge in [-0.3, -0.25) is 0 Å². The lowest BCUT2D eigenvalue weighted by Gasteiger charge is -2.29. The number of benzene rings is 2. The minimum Gasteiger partial charge on any atom is -0.490 e. The second-order valence-electron chi connectivity index (χ2n) is 6.95. The Kier molecular flexibility index (Phi) is 6.92. The molecule has 140 valence electrons. The summed E-state index contributed by atoms with van der Waals surface area (Å²) in [7, 11) is 2.19. The van der Waals surface area contributed by atoms with E-state index in [-0.39, 0.29) is 0 Å². The Hall–Kier alpha value is -2.04. The van der Waals surface area contributed by atoms with Gasteiger partial charge in [-0.2, -0.15) is 0 Å². The van der Waals surface area contributed by atoms with Gasteiger partial charge in [0.05, 0.1) is 6.61 Å². The molecule has 2 aromatic rings. The largest absolute Gasteiger partial charge is 0.490 e. The van der Waals surface area contributed by atoms with Crippen LogP contribution < -0.4 is 14.8 Å². The van der Waals surface area contributed by atoms with Crippen LogP contribution in [0, 0.1) is 0 Å². The van der Waals surface area contributed by atoms with Crippen molar-refractivity contribution in [1.82, 2.24) is 10.2 Å². The molecule has 1 saturated heterocycles. The minimum absolute atomic E-state index is 0.550. The first kappa shape index (κ1) is 18.7. The lowest BCUT2D eigenvalue weighted by atomic mass is 10.1. The van der Waals surface area contributed by atoms with Crippen LogP contribution in [0.3, 0.4) is 0 Å². The smallest absolute Gasteiger partial charge is 0.161 e. The Morgan fingerprint density at radius 3 is 2.46 bits per heavy atom. The molecule has 1 heterocycles. The van der Waals surface area contributed by atoms with E-state index in [0.29, 0.717) is 19.3 Å². The Morgan fingerprint density at radius 2 is 1.73 bits per heavy atom. The Labute approximate surface area is 157 Å². The third-order valence-corrected chi connectivity index (χ3v) is 4.86. The van der Waals surface area contributed by atoms with Crippen LogP contribution in [0.2, 0.25) is 0 Å². The third kappa shape index (κ3) is 5.48. The van der Waals surface area contributed by atoms with E-state index in [9.17, 15) is 0 Å². The van der Waals surface area contributed by atoms with Crippen LogP contribution in [0.25, 0.3) is 0 Å². The highest BCUT2D eigenvalue weighted by Crippen LogP contribution is 2.29. The average Bonchev–Trinajstić information content (AvgIpc) is 2.68. The monoisotopic (exact) mass is 354 g/mol. The second kappa shape index (κ2) is 9.60. The maximum atomic E-state index is 5.99. The molecule has 0 aliphatic carbocycles. The minimum atomic E-state index is 0.550. The van der Waals surface area contributed by atoms with Gasteiger partial charge in [0.15, 0.2) is 11.5 Å². The summed E-state index contributed by atoms with van der Waals surface area (Å²) in [6.45, 7) is 6.40. The van der Waals surface area contributed by atoms with Gasteiger partial charge in [0.2, 0.25) is 0 Å². The number of likely N-dealkylation sites (tertiary alicyclic amines) is 1. The van der Waals surface area contributed by atoms with Gasteiger partial charge >= 0.3 is 0 Å². The molecule has 0 spiro atoms. The van der Waals surface area contributed by atoms with Crippen molar-refractivity contribution in [3.63, 3.8) is 0 Å². The Morgan fingerprint density at radius 1 is 0.962 bits per heavy atom. The molecule has 4 heteroatoms. The molecule has 0 unspecified atom stereocenters. The number of nitrogens with one attached hydrogen (secondary N) is 1. The summed E-state index contributed by atoms with van der Waals surface area (Å²) in [5.41, 5.74) is 2.39. The van der Waals surface area contributed by atoms with Gasteiger partial charge in [-0.15, -0.1) is 0 Å². The summed E-state index contributed by atoms with van der Waals surface area (Å²) in [6.07, 6.45) is 2.43.